The van der Waals surface area contributed by atoms with Crippen molar-refractivity contribution in [2.45, 2.75) is 13.8 Å². The molecule has 0 radical (unpaired) electrons. The van der Waals surface area contributed by atoms with Gasteiger partial charge < -0.3 is 5.32 Å². The standard InChI is InChI=1S/C24H19FN2O2/c1-15-3-11-19(12-4-15)26-22-21(17-7-9-18(25)10-8-17)23(28)27(24(22)29)20-13-5-16(2)6-14-20/h3-14,26H,1-2H3. The number of imide groups is 1. The van der Waals surface area contributed by atoms with E-state index < -0.39 is 17.6 Å². The highest BCUT2D eigenvalue weighted by molar-refractivity contribution is 6.46. The largest absolute Gasteiger partial charge is 0.350 e. The number of nitrogens with zero attached hydrogens (tertiary/aromatic N) is 1. The first-order valence-corrected chi connectivity index (χ1v) is 9.23. The topological polar surface area (TPSA) is 49.4 Å². The SMILES string of the molecule is Cc1ccc(NC2=C(c3ccc(F)cc3)C(=O)N(c3ccc(C)cc3)C2=O)cc1. The van der Waals surface area contributed by atoms with Crippen molar-refractivity contribution < 1.29 is 14.0 Å². The fourth-order valence-corrected chi connectivity index (χ4v) is 3.24. The van der Waals surface area contributed by atoms with E-state index in [1.165, 1.54) is 24.3 Å². The van der Waals surface area contributed by atoms with E-state index in [0.717, 1.165) is 16.0 Å². The quantitative estimate of drug-likeness (QED) is 0.653. The second kappa shape index (κ2) is 7.36. The van der Waals surface area contributed by atoms with E-state index in [0.29, 0.717) is 16.9 Å². The average molecular weight is 386 g/mol. The molecule has 1 aliphatic heterocycles. The van der Waals surface area contributed by atoms with E-state index in [9.17, 15) is 14.0 Å². The van der Waals surface area contributed by atoms with Gasteiger partial charge in [-0.05, 0) is 55.8 Å². The fourth-order valence-electron chi connectivity index (χ4n) is 3.24. The second-order valence-electron chi connectivity index (χ2n) is 7.03. The number of nitrogens with one attached hydrogen (secondary N) is 1. The highest BCUT2D eigenvalue weighted by Gasteiger charge is 2.40. The minimum Gasteiger partial charge on any atom is -0.350 e. The molecule has 1 N–H and O–H groups in total. The third kappa shape index (κ3) is 3.55. The van der Waals surface area contributed by atoms with Gasteiger partial charge in [0.25, 0.3) is 11.8 Å². The average Bonchev–Trinajstić information content (AvgIpc) is 2.95. The van der Waals surface area contributed by atoms with Crippen molar-refractivity contribution in [2.75, 3.05) is 10.2 Å². The third-order valence-electron chi connectivity index (χ3n) is 4.83. The molecule has 0 atom stereocenters. The van der Waals surface area contributed by atoms with Crippen LogP contribution >= 0.6 is 0 Å². The molecule has 1 aliphatic rings. The summed E-state index contributed by atoms with van der Waals surface area (Å²) in [6.07, 6.45) is 0. The summed E-state index contributed by atoms with van der Waals surface area (Å²) in [7, 11) is 0. The number of hydrogen-bond acceptors (Lipinski definition) is 3. The number of anilines is 2. The van der Waals surface area contributed by atoms with Gasteiger partial charge in [0.1, 0.15) is 11.5 Å². The number of aryl methyl sites for hydroxylation is 2. The summed E-state index contributed by atoms with van der Waals surface area (Å²) in [4.78, 5) is 27.6. The van der Waals surface area contributed by atoms with Gasteiger partial charge in [-0.3, -0.25) is 9.59 Å². The van der Waals surface area contributed by atoms with Crippen LogP contribution in [0.15, 0.2) is 78.5 Å². The molecule has 3 aromatic carbocycles. The minimum atomic E-state index is -0.446. The van der Waals surface area contributed by atoms with Gasteiger partial charge in [0, 0.05) is 5.69 Å². The molecular formula is C24H19FN2O2. The lowest BCUT2D eigenvalue weighted by Crippen LogP contribution is -2.32. The van der Waals surface area contributed by atoms with Gasteiger partial charge in [-0.2, -0.15) is 0 Å². The highest BCUT2D eigenvalue weighted by Crippen LogP contribution is 2.34. The maximum Gasteiger partial charge on any atom is 0.282 e. The summed E-state index contributed by atoms with van der Waals surface area (Å²) < 4.78 is 13.4. The Labute approximate surface area is 168 Å². The number of hydrogen-bond donors (Lipinski definition) is 1. The van der Waals surface area contributed by atoms with Gasteiger partial charge in [-0.15, -0.1) is 0 Å². The van der Waals surface area contributed by atoms with Gasteiger partial charge in [0.15, 0.2) is 0 Å². The van der Waals surface area contributed by atoms with Crippen molar-refractivity contribution in [2.24, 2.45) is 0 Å². The van der Waals surface area contributed by atoms with E-state index >= 15 is 0 Å². The molecule has 29 heavy (non-hydrogen) atoms. The van der Waals surface area contributed by atoms with Crippen molar-refractivity contribution in [3.63, 3.8) is 0 Å². The molecule has 0 unspecified atom stereocenters. The van der Waals surface area contributed by atoms with Crippen molar-refractivity contribution in [3.05, 3.63) is 101 Å². The third-order valence-corrected chi connectivity index (χ3v) is 4.83. The predicted molar refractivity (Wildman–Crippen MR) is 112 cm³/mol. The van der Waals surface area contributed by atoms with Crippen LogP contribution in [0.2, 0.25) is 0 Å². The van der Waals surface area contributed by atoms with E-state index in [1.54, 1.807) is 12.1 Å². The van der Waals surface area contributed by atoms with E-state index in [-0.39, 0.29) is 11.3 Å². The molecule has 3 aromatic rings. The van der Waals surface area contributed by atoms with Crippen LogP contribution in [0.4, 0.5) is 15.8 Å². The Hall–Kier alpha value is -3.73. The lowest BCUT2D eigenvalue weighted by atomic mass is 10.0. The monoisotopic (exact) mass is 386 g/mol. The van der Waals surface area contributed by atoms with Crippen LogP contribution in [0.25, 0.3) is 5.57 Å². The number of amides is 2. The zero-order valence-corrected chi connectivity index (χ0v) is 16.1. The van der Waals surface area contributed by atoms with Crippen LogP contribution in [-0.2, 0) is 9.59 Å². The Bertz CT molecular complexity index is 1120. The van der Waals surface area contributed by atoms with E-state index in [2.05, 4.69) is 5.32 Å². The van der Waals surface area contributed by atoms with E-state index in [1.807, 2.05) is 50.2 Å². The Morgan fingerprint density at radius 3 is 1.86 bits per heavy atom. The van der Waals surface area contributed by atoms with Crippen LogP contribution in [-0.4, -0.2) is 11.8 Å². The molecule has 4 rings (SSSR count). The van der Waals surface area contributed by atoms with Gasteiger partial charge in [-0.25, -0.2) is 9.29 Å². The summed E-state index contributed by atoms with van der Waals surface area (Å²) in [5, 5.41) is 3.10. The smallest absolute Gasteiger partial charge is 0.282 e. The summed E-state index contributed by atoms with van der Waals surface area (Å²) in [5.74, 6) is -1.30. The van der Waals surface area contributed by atoms with Crippen LogP contribution in [0.1, 0.15) is 16.7 Å². The van der Waals surface area contributed by atoms with Crippen LogP contribution in [0.3, 0.4) is 0 Å². The first-order valence-electron chi connectivity index (χ1n) is 9.23. The normalized spacial score (nSPS) is 14.0. The Balaban J connectivity index is 1.80. The molecular weight excluding hydrogens is 367 g/mol. The lowest BCUT2D eigenvalue weighted by Gasteiger charge is -2.15. The Morgan fingerprint density at radius 2 is 1.28 bits per heavy atom. The van der Waals surface area contributed by atoms with Gasteiger partial charge >= 0.3 is 0 Å². The summed E-state index contributed by atoms with van der Waals surface area (Å²) in [5.41, 5.74) is 4.16. The lowest BCUT2D eigenvalue weighted by molar-refractivity contribution is -0.120. The molecule has 0 aliphatic carbocycles. The molecule has 0 spiro atoms. The molecule has 0 saturated carbocycles. The van der Waals surface area contributed by atoms with Crippen LogP contribution in [0, 0.1) is 19.7 Å². The zero-order valence-electron chi connectivity index (χ0n) is 16.1. The molecule has 0 bridgehead atoms. The van der Waals surface area contributed by atoms with Crippen LogP contribution in [0.5, 0.6) is 0 Å². The molecule has 2 amide bonds. The minimum absolute atomic E-state index is 0.172. The molecule has 4 nitrogen and oxygen atoms in total. The fraction of sp³-hybridized carbons (Fsp3) is 0.0833. The molecule has 0 saturated heterocycles. The zero-order chi connectivity index (χ0) is 20.5. The summed E-state index contributed by atoms with van der Waals surface area (Å²) >= 11 is 0. The van der Waals surface area contributed by atoms with Gasteiger partial charge in [0.05, 0.1) is 11.3 Å². The molecule has 144 valence electrons. The van der Waals surface area contributed by atoms with Gasteiger partial charge in [0.2, 0.25) is 0 Å². The molecule has 0 aromatic heterocycles. The second-order valence-corrected chi connectivity index (χ2v) is 7.03. The Kier molecular flexibility index (Phi) is 4.72. The summed E-state index contributed by atoms with van der Waals surface area (Å²) in [6, 6.07) is 20.3. The number of benzene rings is 3. The first-order chi connectivity index (χ1) is 13.9. The summed E-state index contributed by atoms with van der Waals surface area (Å²) in [6.45, 7) is 3.90. The molecule has 5 heteroatoms. The first kappa shape index (κ1) is 18.6. The maximum absolute atomic E-state index is 13.4. The number of halogens is 1. The Morgan fingerprint density at radius 1 is 0.724 bits per heavy atom. The molecule has 0 fully saturated rings. The number of carbonyl (C=O) groups is 2. The van der Waals surface area contributed by atoms with Crippen molar-refractivity contribution in [3.8, 4) is 0 Å². The molecule has 1 heterocycles. The number of rotatable bonds is 4. The van der Waals surface area contributed by atoms with Gasteiger partial charge in [-0.1, -0.05) is 47.5 Å². The number of carbonyl (C=O) groups excluding carboxylic acids is 2. The van der Waals surface area contributed by atoms with Crippen molar-refractivity contribution in [1.29, 1.82) is 0 Å². The van der Waals surface area contributed by atoms with Crippen molar-refractivity contribution >= 4 is 28.8 Å². The van der Waals surface area contributed by atoms with Crippen LogP contribution < -0.4 is 10.2 Å². The predicted octanol–water partition coefficient (Wildman–Crippen LogP) is 4.84. The highest BCUT2D eigenvalue weighted by atomic mass is 19.1. The van der Waals surface area contributed by atoms with Crippen molar-refractivity contribution in [1.82, 2.24) is 0 Å². The maximum atomic E-state index is 13.4. The van der Waals surface area contributed by atoms with E-state index in [4.69, 9.17) is 0 Å².